The zero-order valence-corrected chi connectivity index (χ0v) is 17.4. The van der Waals surface area contributed by atoms with E-state index in [1.54, 1.807) is 15.6 Å². The number of rotatable bonds is 3. The monoisotopic (exact) mass is 404 g/mol. The van der Waals surface area contributed by atoms with Crippen LogP contribution in [-0.2, 0) is 18.2 Å². The molecule has 3 aromatic rings. The molecule has 1 aromatic carbocycles. The summed E-state index contributed by atoms with van der Waals surface area (Å²) in [5.74, 6) is -0.00864. The molecule has 1 aliphatic heterocycles. The van der Waals surface area contributed by atoms with Crippen molar-refractivity contribution in [2.75, 3.05) is 18.6 Å². The third kappa shape index (κ3) is 2.88. The third-order valence-electron chi connectivity index (χ3n) is 6.12. The summed E-state index contributed by atoms with van der Waals surface area (Å²) in [6.45, 7) is 2.52. The first kappa shape index (κ1) is 18.8. The van der Waals surface area contributed by atoms with Crippen LogP contribution < -0.4 is 4.90 Å². The lowest BCUT2D eigenvalue weighted by molar-refractivity contribution is 0.0599. The van der Waals surface area contributed by atoms with Gasteiger partial charge in [-0.05, 0) is 56.4 Å². The van der Waals surface area contributed by atoms with Crippen LogP contribution in [0.25, 0.3) is 11.0 Å². The quantitative estimate of drug-likeness (QED) is 0.624. The first-order valence-corrected chi connectivity index (χ1v) is 10.4. The average molecular weight is 404 g/mol. The van der Waals surface area contributed by atoms with Crippen molar-refractivity contribution in [3.63, 3.8) is 0 Å². The molecule has 7 nitrogen and oxygen atoms in total. The van der Waals surface area contributed by atoms with Gasteiger partial charge in [0.2, 0.25) is 0 Å². The van der Waals surface area contributed by atoms with E-state index in [1.165, 1.54) is 7.11 Å². The molecular formula is C23H24N4O3. The van der Waals surface area contributed by atoms with Crippen LogP contribution in [0.15, 0.2) is 24.3 Å². The third-order valence-corrected chi connectivity index (χ3v) is 6.12. The van der Waals surface area contributed by atoms with E-state index >= 15 is 0 Å². The molecule has 154 valence electrons. The Balaban J connectivity index is 1.65. The molecule has 0 atom stereocenters. The second-order valence-corrected chi connectivity index (χ2v) is 8.13. The van der Waals surface area contributed by atoms with E-state index in [2.05, 4.69) is 5.10 Å². The van der Waals surface area contributed by atoms with E-state index < -0.39 is 0 Å². The Kier molecular flexibility index (Phi) is 4.34. The number of carbonyl (C=O) groups excluding carboxylic acids is 2. The standard InChI is InChI=1S/C23H24N4O3/c1-13-20-17(12-18(14-9-10-14)24-21(20)26(2)25-13)22(28)27-11-5-7-15-16(23(29)30-3)6-4-8-19(15)27/h4,6,8,12,14H,5,7,9-11H2,1-3H3. The maximum absolute atomic E-state index is 13.8. The first-order valence-electron chi connectivity index (χ1n) is 10.4. The normalized spacial score (nSPS) is 15.9. The van der Waals surface area contributed by atoms with Gasteiger partial charge in [-0.2, -0.15) is 5.10 Å². The molecule has 2 aliphatic rings. The fourth-order valence-corrected chi connectivity index (χ4v) is 4.50. The summed E-state index contributed by atoms with van der Waals surface area (Å²) in [7, 11) is 3.25. The van der Waals surface area contributed by atoms with Gasteiger partial charge >= 0.3 is 5.97 Å². The Morgan fingerprint density at radius 3 is 2.73 bits per heavy atom. The predicted octanol–water partition coefficient (Wildman–Crippen LogP) is 3.53. The summed E-state index contributed by atoms with van der Waals surface area (Å²) in [6, 6.07) is 7.44. The minimum Gasteiger partial charge on any atom is -0.465 e. The largest absolute Gasteiger partial charge is 0.465 e. The smallest absolute Gasteiger partial charge is 0.338 e. The fraction of sp³-hybridized carbons (Fsp3) is 0.391. The van der Waals surface area contributed by atoms with Crippen LogP contribution in [0.2, 0.25) is 0 Å². The summed E-state index contributed by atoms with van der Waals surface area (Å²) >= 11 is 0. The topological polar surface area (TPSA) is 77.3 Å². The lowest BCUT2D eigenvalue weighted by Gasteiger charge is -2.31. The Morgan fingerprint density at radius 2 is 2.00 bits per heavy atom. The molecule has 0 bridgehead atoms. The molecule has 2 aromatic heterocycles. The number of ether oxygens (including phenoxy) is 1. The second-order valence-electron chi connectivity index (χ2n) is 8.13. The molecule has 5 rings (SSSR count). The number of nitrogens with zero attached hydrogens (tertiary/aromatic N) is 4. The van der Waals surface area contributed by atoms with Gasteiger partial charge in [0, 0.05) is 30.9 Å². The molecule has 1 fully saturated rings. The van der Waals surface area contributed by atoms with Gasteiger partial charge in [0.05, 0.1) is 29.3 Å². The Labute approximate surface area is 174 Å². The van der Waals surface area contributed by atoms with Crippen molar-refractivity contribution in [3.05, 3.63) is 52.3 Å². The number of esters is 1. The summed E-state index contributed by atoms with van der Waals surface area (Å²) < 4.78 is 6.70. The van der Waals surface area contributed by atoms with Crippen LogP contribution in [0, 0.1) is 6.92 Å². The number of aryl methyl sites for hydroxylation is 2. The maximum Gasteiger partial charge on any atom is 0.338 e. The van der Waals surface area contributed by atoms with Crippen molar-refractivity contribution in [1.29, 1.82) is 0 Å². The molecule has 3 heterocycles. The molecule has 1 saturated carbocycles. The predicted molar refractivity (Wildman–Crippen MR) is 113 cm³/mol. The zero-order valence-electron chi connectivity index (χ0n) is 17.4. The van der Waals surface area contributed by atoms with E-state index in [-0.39, 0.29) is 11.9 Å². The van der Waals surface area contributed by atoms with Gasteiger partial charge in [0.1, 0.15) is 0 Å². The molecule has 0 N–H and O–H groups in total. The number of aromatic nitrogens is 3. The van der Waals surface area contributed by atoms with Gasteiger partial charge in [-0.15, -0.1) is 0 Å². The second kappa shape index (κ2) is 6.93. The average Bonchev–Trinajstić information content (AvgIpc) is 3.57. The van der Waals surface area contributed by atoms with E-state index in [0.29, 0.717) is 23.6 Å². The summed E-state index contributed by atoms with van der Waals surface area (Å²) in [4.78, 5) is 32.7. The summed E-state index contributed by atoms with van der Waals surface area (Å²) in [5, 5.41) is 5.32. The number of fused-ring (bicyclic) bond motifs is 2. The van der Waals surface area contributed by atoms with Crippen LogP contribution in [0.5, 0.6) is 0 Å². The van der Waals surface area contributed by atoms with Crippen molar-refractivity contribution < 1.29 is 14.3 Å². The highest BCUT2D eigenvalue weighted by Gasteiger charge is 2.32. The molecule has 1 amide bonds. The highest BCUT2D eigenvalue weighted by Crippen LogP contribution is 2.41. The Hall–Kier alpha value is -3.22. The van der Waals surface area contributed by atoms with Crippen LogP contribution >= 0.6 is 0 Å². The van der Waals surface area contributed by atoms with E-state index in [0.717, 1.165) is 59.4 Å². The molecule has 0 spiro atoms. The SMILES string of the molecule is COC(=O)c1cccc2c1CCCN2C(=O)c1cc(C2CC2)nc2c1c(C)nn2C. The van der Waals surface area contributed by atoms with Crippen molar-refractivity contribution in [2.24, 2.45) is 7.05 Å². The van der Waals surface area contributed by atoms with E-state index in [4.69, 9.17) is 9.72 Å². The van der Waals surface area contributed by atoms with Crippen molar-refractivity contribution in [1.82, 2.24) is 14.8 Å². The molecule has 0 saturated heterocycles. The summed E-state index contributed by atoms with van der Waals surface area (Å²) in [6.07, 6.45) is 3.76. The lowest BCUT2D eigenvalue weighted by Crippen LogP contribution is -2.36. The van der Waals surface area contributed by atoms with Crippen LogP contribution in [0.4, 0.5) is 5.69 Å². The molecule has 1 aliphatic carbocycles. The van der Waals surface area contributed by atoms with Crippen LogP contribution in [0.3, 0.4) is 0 Å². The van der Waals surface area contributed by atoms with Crippen molar-refractivity contribution >= 4 is 28.6 Å². The van der Waals surface area contributed by atoms with Crippen molar-refractivity contribution in [2.45, 2.75) is 38.5 Å². The van der Waals surface area contributed by atoms with E-state index in [9.17, 15) is 9.59 Å². The highest BCUT2D eigenvalue weighted by atomic mass is 16.5. The maximum atomic E-state index is 13.8. The Morgan fingerprint density at radius 1 is 1.20 bits per heavy atom. The number of amides is 1. The highest BCUT2D eigenvalue weighted by molar-refractivity contribution is 6.14. The number of benzene rings is 1. The van der Waals surface area contributed by atoms with Crippen LogP contribution in [-0.4, -0.2) is 40.3 Å². The Bertz CT molecular complexity index is 1190. The number of hydrogen-bond donors (Lipinski definition) is 0. The van der Waals surface area contributed by atoms with Gasteiger partial charge in [0.15, 0.2) is 5.65 Å². The molecule has 0 radical (unpaired) electrons. The molecular weight excluding hydrogens is 380 g/mol. The van der Waals surface area contributed by atoms with Crippen molar-refractivity contribution in [3.8, 4) is 0 Å². The van der Waals surface area contributed by atoms with Gasteiger partial charge < -0.3 is 9.64 Å². The van der Waals surface area contributed by atoms with Gasteiger partial charge in [-0.1, -0.05) is 6.07 Å². The van der Waals surface area contributed by atoms with Gasteiger partial charge in [-0.25, -0.2) is 9.78 Å². The molecule has 30 heavy (non-hydrogen) atoms. The number of anilines is 1. The van der Waals surface area contributed by atoms with E-state index in [1.807, 2.05) is 32.2 Å². The molecule has 0 unspecified atom stereocenters. The van der Waals surface area contributed by atoms with Crippen LogP contribution in [0.1, 0.15) is 62.8 Å². The number of carbonyl (C=O) groups is 2. The first-order chi connectivity index (χ1) is 14.5. The summed E-state index contributed by atoms with van der Waals surface area (Å²) in [5.41, 5.74) is 5.35. The van der Waals surface area contributed by atoms with Gasteiger partial charge in [0.25, 0.3) is 5.91 Å². The fourth-order valence-electron chi connectivity index (χ4n) is 4.50. The molecule has 7 heteroatoms. The van der Waals surface area contributed by atoms with Gasteiger partial charge in [-0.3, -0.25) is 9.48 Å². The number of hydrogen-bond acceptors (Lipinski definition) is 5. The minimum absolute atomic E-state index is 0.0663. The minimum atomic E-state index is -0.369. The number of pyridine rings is 1. The number of methoxy groups -OCH3 is 1. The lowest BCUT2D eigenvalue weighted by atomic mass is 9.95. The zero-order chi connectivity index (χ0) is 21.0.